The third-order valence-corrected chi connectivity index (χ3v) is 5.61. The number of fused-ring (bicyclic) bond motifs is 3. The first kappa shape index (κ1) is 16.9. The van der Waals surface area contributed by atoms with Crippen molar-refractivity contribution in [3.8, 4) is 0 Å². The maximum Gasteiger partial charge on any atom is 0.403 e. The highest BCUT2D eigenvalue weighted by atomic mass is 16.2. The highest BCUT2D eigenvalue weighted by Gasteiger charge is 2.39. The smallest absolute Gasteiger partial charge is 0.340 e. The van der Waals surface area contributed by atoms with Gasteiger partial charge in [-0.3, -0.25) is 9.59 Å². The molecule has 1 atom stereocenters. The first-order chi connectivity index (χ1) is 12.6. The predicted octanol–water partition coefficient (Wildman–Crippen LogP) is 1.77. The summed E-state index contributed by atoms with van der Waals surface area (Å²) < 4.78 is 3.68. The van der Waals surface area contributed by atoms with Crippen LogP contribution in [0.25, 0.3) is 0 Å². The Kier molecular flexibility index (Phi) is 4.34. The van der Waals surface area contributed by atoms with Gasteiger partial charge < -0.3 is 4.90 Å². The third kappa shape index (κ3) is 2.64. The molecule has 136 valence electrons. The molecule has 1 saturated heterocycles. The average Bonchev–Trinajstić information content (AvgIpc) is 3.05. The fourth-order valence-corrected chi connectivity index (χ4v) is 4.13. The zero-order valence-electron chi connectivity index (χ0n) is 15.4. The zero-order valence-corrected chi connectivity index (χ0v) is 15.4. The predicted molar refractivity (Wildman–Crippen MR) is 99.9 cm³/mol. The second-order valence-electron chi connectivity index (χ2n) is 7.15. The molecule has 4 rings (SSSR count). The molecule has 1 fully saturated rings. The molecule has 26 heavy (non-hydrogen) atoms. The van der Waals surface area contributed by atoms with Crippen molar-refractivity contribution in [1.29, 1.82) is 0 Å². The number of allylic oxidation sites excluding steroid dienone is 4. The van der Waals surface area contributed by atoms with E-state index in [9.17, 15) is 9.59 Å². The van der Waals surface area contributed by atoms with Crippen molar-refractivity contribution in [2.24, 2.45) is 4.99 Å². The fourth-order valence-electron chi connectivity index (χ4n) is 4.13. The number of carbonyl (C=O) groups is 1. The Morgan fingerprint density at radius 1 is 1.27 bits per heavy atom. The van der Waals surface area contributed by atoms with Gasteiger partial charge in [-0.15, -0.1) is 0 Å². The standard InChI is InChI=1S/C20H25N4O2/c1-3-15-14(2)23(13-18(25)22-11-7-4-8-12-22)20-21-16-9-5-6-10-17(16)24(20)19(15)26/h5-6,9-10,17H,3-4,7-8,11-13H2,1-2H3/q+1. The second-order valence-corrected chi connectivity index (χ2v) is 7.15. The van der Waals surface area contributed by atoms with E-state index in [1.165, 1.54) is 6.42 Å². The van der Waals surface area contributed by atoms with E-state index in [2.05, 4.69) is 0 Å². The highest BCUT2D eigenvalue weighted by molar-refractivity contribution is 6.03. The summed E-state index contributed by atoms with van der Waals surface area (Å²) in [6, 6.07) is -0.162. The van der Waals surface area contributed by atoms with E-state index in [1.54, 1.807) is 4.57 Å². The van der Waals surface area contributed by atoms with E-state index in [1.807, 2.05) is 47.6 Å². The van der Waals surface area contributed by atoms with E-state index in [0.29, 0.717) is 12.4 Å². The Bertz CT molecular complexity index is 901. The van der Waals surface area contributed by atoms with Crippen LogP contribution in [0.1, 0.15) is 43.5 Å². The summed E-state index contributed by atoms with van der Waals surface area (Å²) in [5.41, 5.74) is 2.48. The summed E-state index contributed by atoms with van der Waals surface area (Å²) >= 11 is 0. The Balaban J connectivity index is 1.79. The number of hydrogen-bond acceptors (Lipinski definition) is 3. The van der Waals surface area contributed by atoms with E-state index >= 15 is 0 Å². The van der Waals surface area contributed by atoms with E-state index < -0.39 is 0 Å². The summed E-state index contributed by atoms with van der Waals surface area (Å²) in [6.07, 6.45) is 11.8. The summed E-state index contributed by atoms with van der Waals surface area (Å²) in [5.74, 6) is 0.703. The van der Waals surface area contributed by atoms with Crippen LogP contribution >= 0.6 is 0 Å². The molecular weight excluding hydrogens is 328 g/mol. The molecule has 1 aromatic rings. The monoisotopic (exact) mass is 353 g/mol. The van der Waals surface area contributed by atoms with Gasteiger partial charge in [-0.05, 0) is 44.8 Å². The summed E-state index contributed by atoms with van der Waals surface area (Å²) in [7, 11) is 0. The molecule has 1 aliphatic carbocycles. The molecule has 0 radical (unpaired) electrons. The van der Waals surface area contributed by atoms with Crippen molar-refractivity contribution in [2.75, 3.05) is 13.1 Å². The Labute approximate surface area is 153 Å². The molecule has 3 heterocycles. The van der Waals surface area contributed by atoms with Crippen LogP contribution in [0.4, 0.5) is 5.95 Å². The average molecular weight is 353 g/mol. The van der Waals surface area contributed by atoms with E-state index in [4.69, 9.17) is 4.99 Å². The van der Waals surface area contributed by atoms with Crippen molar-refractivity contribution in [3.63, 3.8) is 0 Å². The first-order valence-electron chi connectivity index (χ1n) is 9.51. The minimum absolute atomic E-state index is 0.00497. The van der Waals surface area contributed by atoms with Gasteiger partial charge in [0, 0.05) is 13.1 Å². The molecule has 0 spiro atoms. The minimum Gasteiger partial charge on any atom is -0.340 e. The summed E-state index contributed by atoms with van der Waals surface area (Å²) in [5, 5.41) is 0. The van der Waals surface area contributed by atoms with Crippen molar-refractivity contribution < 1.29 is 9.36 Å². The molecule has 6 heteroatoms. The van der Waals surface area contributed by atoms with Gasteiger partial charge in [0.1, 0.15) is 0 Å². The minimum atomic E-state index is -0.162. The van der Waals surface area contributed by atoms with Gasteiger partial charge in [0.2, 0.25) is 0 Å². The van der Waals surface area contributed by atoms with Gasteiger partial charge in [-0.25, -0.2) is 4.57 Å². The molecule has 0 N–H and O–H groups in total. The first-order valence-corrected chi connectivity index (χ1v) is 9.51. The summed E-state index contributed by atoms with van der Waals surface area (Å²) in [4.78, 5) is 32.5. The van der Waals surface area contributed by atoms with Gasteiger partial charge in [-0.1, -0.05) is 24.1 Å². The number of amides is 1. The molecule has 1 unspecified atom stereocenters. The largest absolute Gasteiger partial charge is 0.403 e. The van der Waals surface area contributed by atoms with Gasteiger partial charge in [0.05, 0.1) is 11.3 Å². The normalized spacial score (nSPS) is 20.8. The molecule has 2 aliphatic heterocycles. The number of nitrogens with zero attached hydrogens (tertiary/aromatic N) is 4. The maximum atomic E-state index is 13.0. The number of rotatable bonds is 3. The Morgan fingerprint density at radius 2 is 2.04 bits per heavy atom. The van der Waals surface area contributed by atoms with Crippen molar-refractivity contribution in [3.05, 3.63) is 45.9 Å². The number of hydrogen-bond donors (Lipinski definition) is 0. The number of aliphatic imine (C=N–C) groups is 1. The zero-order chi connectivity index (χ0) is 18.3. The number of piperidine rings is 1. The molecule has 0 bridgehead atoms. The van der Waals surface area contributed by atoms with E-state index in [-0.39, 0.29) is 24.1 Å². The van der Waals surface area contributed by atoms with Crippen LogP contribution in [-0.4, -0.2) is 34.2 Å². The van der Waals surface area contributed by atoms with Gasteiger partial charge in [-0.2, -0.15) is 4.57 Å². The lowest BCUT2D eigenvalue weighted by atomic mass is 10.1. The SMILES string of the molecule is CCc1c(C)[n+](CC(=O)N2CCCCC2)c2n(c1=O)C1C=CC=CC1=N2. The van der Waals surface area contributed by atoms with Crippen LogP contribution in [0.15, 0.2) is 34.1 Å². The molecule has 3 aliphatic rings. The maximum absolute atomic E-state index is 13.0. The second kappa shape index (κ2) is 6.67. The highest BCUT2D eigenvalue weighted by Crippen LogP contribution is 2.28. The molecule has 6 nitrogen and oxygen atoms in total. The van der Waals surface area contributed by atoms with E-state index in [0.717, 1.165) is 42.9 Å². The molecule has 0 saturated carbocycles. The van der Waals surface area contributed by atoms with Crippen LogP contribution in [0.2, 0.25) is 0 Å². The van der Waals surface area contributed by atoms with Crippen molar-refractivity contribution >= 4 is 17.6 Å². The third-order valence-electron chi connectivity index (χ3n) is 5.61. The van der Waals surface area contributed by atoms with Crippen LogP contribution in [0, 0.1) is 6.92 Å². The number of aromatic nitrogens is 2. The molecule has 1 aromatic heterocycles. The lowest BCUT2D eigenvalue weighted by molar-refractivity contribution is -0.682. The van der Waals surface area contributed by atoms with Crippen LogP contribution in [-0.2, 0) is 17.8 Å². The quantitative estimate of drug-likeness (QED) is 0.778. The molecular formula is C20H25N4O2+. The topological polar surface area (TPSA) is 58.5 Å². The summed E-state index contributed by atoms with van der Waals surface area (Å²) in [6.45, 7) is 5.82. The van der Waals surface area contributed by atoms with Crippen LogP contribution in [0.3, 0.4) is 0 Å². The van der Waals surface area contributed by atoms with Crippen LogP contribution < -0.4 is 10.1 Å². The van der Waals surface area contributed by atoms with Gasteiger partial charge in [0.25, 0.3) is 5.91 Å². The van der Waals surface area contributed by atoms with Crippen molar-refractivity contribution in [1.82, 2.24) is 9.47 Å². The Hall–Kier alpha value is -2.50. The molecule has 0 aromatic carbocycles. The van der Waals surface area contributed by atoms with Crippen LogP contribution in [0.5, 0.6) is 0 Å². The molecule has 1 amide bonds. The number of likely N-dealkylation sites (tertiary alicyclic amines) is 1. The fraction of sp³-hybridized carbons (Fsp3) is 0.500. The van der Waals surface area contributed by atoms with Gasteiger partial charge >= 0.3 is 11.5 Å². The lowest BCUT2D eigenvalue weighted by Crippen LogP contribution is -2.51. The van der Waals surface area contributed by atoms with Crippen molar-refractivity contribution in [2.45, 2.75) is 52.1 Å². The lowest BCUT2D eigenvalue weighted by Gasteiger charge is -2.26. The number of carbonyl (C=O) groups excluding carboxylic acids is 1. The Morgan fingerprint density at radius 3 is 2.77 bits per heavy atom. The van der Waals surface area contributed by atoms with Gasteiger partial charge in [0.15, 0.2) is 18.3 Å².